The molecule has 1 aliphatic rings. The summed E-state index contributed by atoms with van der Waals surface area (Å²) < 4.78 is 1.90. The van der Waals surface area contributed by atoms with Crippen LogP contribution in [0.3, 0.4) is 0 Å². The molecule has 5 nitrogen and oxygen atoms in total. The standard InChI is InChI=1S/C27H19ClN2O3/c1-17-11-13-20(16-29-26(32)21-9-5-6-10-22(21)27(29)33)30(17)24-14-12-19(28)15-23(24)25(31)18-7-3-2-4-8-18/h2-15H,16H2,1H3. The van der Waals surface area contributed by atoms with Crippen molar-refractivity contribution in [3.8, 4) is 5.69 Å². The minimum atomic E-state index is -0.322. The number of hydrogen-bond donors (Lipinski definition) is 0. The fourth-order valence-electron chi connectivity index (χ4n) is 4.24. The number of halogens is 1. The fraction of sp³-hybridized carbons (Fsp3) is 0.0741. The highest BCUT2D eigenvalue weighted by molar-refractivity contribution is 6.31. The highest BCUT2D eigenvalue weighted by Gasteiger charge is 2.35. The topological polar surface area (TPSA) is 59.4 Å². The van der Waals surface area contributed by atoms with Crippen molar-refractivity contribution in [3.63, 3.8) is 0 Å². The molecule has 2 amide bonds. The summed E-state index contributed by atoms with van der Waals surface area (Å²) in [5.74, 6) is -0.803. The third-order valence-corrected chi connectivity index (χ3v) is 6.07. The summed E-state index contributed by atoms with van der Waals surface area (Å²) in [6.45, 7) is 2.00. The van der Waals surface area contributed by atoms with Crippen LogP contribution >= 0.6 is 11.6 Å². The van der Waals surface area contributed by atoms with Gasteiger partial charge in [-0.15, -0.1) is 0 Å². The number of amides is 2. The highest BCUT2D eigenvalue weighted by Crippen LogP contribution is 2.29. The number of hydrogen-bond acceptors (Lipinski definition) is 3. The lowest BCUT2D eigenvalue weighted by molar-refractivity contribution is 0.0639. The van der Waals surface area contributed by atoms with Gasteiger partial charge in [0.1, 0.15) is 0 Å². The Balaban J connectivity index is 1.57. The summed E-state index contributed by atoms with van der Waals surface area (Å²) in [5.41, 5.74) is 4.02. The van der Waals surface area contributed by atoms with Gasteiger partial charge in [0.2, 0.25) is 0 Å². The first-order chi connectivity index (χ1) is 16.0. The monoisotopic (exact) mass is 454 g/mol. The van der Waals surface area contributed by atoms with Crippen molar-refractivity contribution >= 4 is 29.2 Å². The van der Waals surface area contributed by atoms with Crippen LogP contribution in [0.2, 0.25) is 5.02 Å². The molecule has 0 saturated carbocycles. The van der Waals surface area contributed by atoms with E-state index in [1.807, 2.05) is 41.8 Å². The van der Waals surface area contributed by atoms with E-state index in [4.69, 9.17) is 11.6 Å². The molecule has 0 unspecified atom stereocenters. The van der Waals surface area contributed by atoms with Crippen LogP contribution in [0.1, 0.15) is 48.0 Å². The number of ketones is 1. The molecule has 0 fully saturated rings. The molecule has 0 spiro atoms. The van der Waals surface area contributed by atoms with Crippen LogP contribution in [0.4, 0.5) is 0 Å². The largest absolute Gasteiger partial charge is 0.316 e. The van der Waals surface area contributed by atoms with Gasteiger partial charge in [-0.3, -0.25) is 19.3 Å². The molecule has 4 aromatic rings. The normalized spacial score (nSPS) is 12.8. The van der Waals surface area contributed by atoms with Gasteiger partial charge in [0.25, 0.3) is 11.8 Å². The number of carbonyl (C=O) groups excluding carboxylic acids is 3. The van der Waals surface area contributed by atoms with E-state index in [2.05, 4.69) is 0 Å². The first-order valence-corrected chi connectivity index (χ1v) is 10.9. The van der Waals surface area contributed by atoms with E-state index in [1.165, 1.54) is 4.90 Å². The third-order valence-electron chi connectivity index (χ3n) is 5.84. The Kier molecular flexibility index (Phi) is 5.19. The zero-order chi connectivity index (χ0) is 23.1. The Morgan fingerprint density at radius 3 is 2.12 bits per heavy atom. The molecule has 0 aliphatic carbocycles. The SMILES string of the molecule is Cc1ccc(CN2C(=O)c3ccccc3C2=O)n1-c1ccc(Cl)cc1C(=O)c1ccccc1. The summed E-state index contributed by atoms with van der Waals surface area (Å²) in [6, 6.07) is 24.7. The molecule has 162 valence electrons. The maximum atomic E-state index is 13.3. The smallest absolute Gasteiger partial charge is 0.261 e. The number of aryl methyl sites for hydroxylation is 1. The van der Waals surface area contributed by atoms with Crippen LogP contribution in [0.5, 0.6) is 0 Å². The van der Waals surface area contributed by atoms with Gasteiger partial charge in [-0.2, -0.15) is 0 Å². The number of imide groups is 1. The second kappa shape index (κ2) is 8.19. The van der Waals surface area contributed by atoms with Crippen molar-refractivity contribution in [3.05, 3.63) is 124 Å². The average molecular weight is 455 g/mol. The van der Waals surface area contributed by atoms with Gasteiger partial charge in [-0.05, 0) is 49.4 Å². The molecule has 1 aromatic heterocycles. The first-order valence-electron chi connectivity index (χ1n) is 10.5. The molecule has 6 heteroatoms. The van der Waals surface area contributed by atoms with Crippen LogP contribution in [-0.4, -0.2) is 27.1 Å². The molecule has 5 rings (SSSR count). The van der Waals surface area contributed by atoms with Gasteiger partial charge in [0.15, 0.2) is 5.78 Å². The quantitative estimate of drug-likeness (QED) is 0.297. The van der Waals surface area contributed by atoms with E-state index >= 15 is 0 Å². The van der Waals surface area contributed by atoms with Crippen LogP contribution in [0.15, 0.2) is 84.9 Å². The number of carbonyl (C=O) groups is 3. The molecule has 3 aromatic carbocycles. The van der Waals surface area contributed by atoms with Crippen molar-refractivity contribution in [1.29, 1.82) is 0 Å². The van der Waals surface area contributed by atoms with Gasteiger partial charge >= 0.3 is 0 Å². The van der Waals surface area contributed by atoms with E-state index in [9.17, 15) is 14.4 Å². The fourth-order valence-corrected chi connectivity index (χ4v) is 4.41. The summed E-state index contributed by atoms with van der Waals surface area (Å²) in [7, 11) is 0. The molecule has 0 N–H and O–H groups in total. The predicted octanol–water partition coefficient (Wildman–Crippen LogP) is 5.47. The van der Waals surface area contributed by atoms with Gasteiger partial charge in [-0.25, -0.2) is 0 Å². The number of nitrogens with zero attached hydrogens (tertiary/aromatic N) is 2. The predicted molar refractivity (Wildman–Crippen MR) is 126 cm³/mol. The van der Waals surface area contributed by atoms with E-state index in [0.717, 1.165) is 5.69 Å². The molecule has 0 radical (unpaired) electrons. The molecular formula is C27H19ClN2O3. The Morgan fingerprint density at radius 1 is 0.818 bits per heavy atom. The van der Waals surface area contributed by atoms with Gasteiger partial charge in [0.05, 0.1) is 23.4 Å². The molecule has 2 heterocycles. The molecule has 0 saturated heterocycles. The number of fused-ring (bicyclic) bond motifs is 1. The lowest BCUT2D eigenvalue weighted by Crippen LogP contribution is -2.30. The Hall–Kier alpha value is -3.96. The van der Waals surface area contributed by atoms with E-state index in [1.54, 1.807) is 54.6 Å². The summed E-state index contributed by atoms with van der Waals surface area (Å²) in [4.78, 5) is 40.4. The molecular weight excluding hydrogens is 436 g/mol. The van der Waals surface area contributed by atoms with Crippen molar-refractivity contribution in [2.75, 3.05) is 0 Å². The van der Waals surface area contributed by atoms with E-state index in [-0.39, 0.29) is 24.1 Å². The molecule has 33 heavy (non-hydrogen) atoms. The number of benzene rings is 3. The Labute approximate surface area is 195 Å². The van der Waals surface area contributed by atoms with E-state index in [0.29, 0.717) is 38.7 Å². The van der Waals surface area contributed by atoms with E-state index < -0.39 is 0 Å². The molecule has 0 atom stereocenters. The Bertz CT molecular complexity index is 1390. The van der Waals surface area contributed by atoms with Crippen molar-refractivity contribution < 1.29 is 14.4 Å². The minimum absolute atomic E-state index is 0.0851. The lowest BCUT2D eigenvalue weighted by atomic mass is 10.0. The van der Waals surface area contributed by atoms with Crippen LogP contribution in [-0.2, 0) is 6.54 Å². The molecule has 0 bridgehead atoms. The van der Waals surface area contributed by atoms with Crippen LogP contribution in [0, 0.1) is 6.92 Å². The maximum Gasteiger partial charge on any atom is 0.261 e. The zero-order valence-corrected chi connectivity index (χ0v) is 18.5. The van der Waals surface area contributed by atoms with Crippen molar-refractivity contribution in [2.24, 2.45) is 0 Å². The zero-order valence-electron chi connectivity index (χ0n) is 17.8. The number of rotatable bonds is 5. The van der Waals surface area contributed by atoms with Crippen molar-refractivity contribution in [2.45, 2.75) is 13.5 Å². The van der Waals surface area contributed by atoms with Gasteiger partial charge in [0, 0.05) is 27.5 Å². The third kappa shape index (κ3) is 3.56. The molecule has 1 aliphatic heterocycles. The van der Waals surface area contributed by atoms with Gasteiger partial charge < -0.3 is 4.57 Å². The number of aromatic nitrogens is 1. The second-order valence-electron chi connectivity index (χ2n) is 7.90. The average Bonchev–Trinajstić information content (AvgIpc) is 3.32. The summed E-state index contributed by atoms with van der Waals surface area (Å²) >= 11 is 6.26. The van der Waals surface area contributed by atoms with Gasteiger partial charge in [-0.1, -0.05) is 54.1 Å². The Morgan fingerprint density at radius 2 is 1.45 bits per heavy atom. The second-order valence-corrected chi connectivity index (χ2v) is 8.34. The lowest BCUT2D eigenvalue weighted by Gasteiger charge is -2.19. The van der Waals surface area contributed by atoms with Crippen LogP contribution < -0.4 is 0 Å². The summed E-state index contributed by atoms with van der Waals surface area (Å²) in [5, 5.41) is 0.449. The summed E-state index contributed by atoms with van der Waals surface area (Å²) in [6.07, 6.45) is 0. The highest BCUT2D eigenvalue weighted by atomic mass is 35.5. The first kappa shape index (κ1) is 20.9. The van der Waals surface area contributed by atoms with Crippen molar-refractivity contribution in [1.82, 2.24) is 9.47 Å². The minimum Gasteiger partial charge on any atom is -0.316 e. The van der Waals surface area contributed by atoms with Crippen LogP contribution in [0.25, 0.3) is 5.69 Å². The maximum absolute atomic E-state index is 13.3.